The van der Waals surface area contributed by atoms with Crippen LogP contribution in [-0.2, 0) is 9.53 Å². The first-order valence-electron chi connectivity index (χ1n) is 7.62. The van der Waals surface area contributed by atoms with E-state index in [0.717, 1.165) is 17.7 Å². The van der Waals surface area contributed by atoms with Gasteiger partial charge >= 0.3 is 6.03 Å². The molecule has 0 heterocycles. The highest BCUT2D eigenvalue weighted by molar-refractivity contribution is 5.78. The van der Waals surface area contributed by atoms with Gasteiger partial charge in [-0.05, 0) is 12.5 Å². The molecule has 5 N–H and O–H groups in total. The Kier molecular flexibility index (Phi) is 8.71. The number of carbonyl (C=O) groups excluding carboxylic acids is 2. The van der Waals surface area contributed by atoms with Crippen LogP contribution in [0.3, 0.4) is 0 Å². The first-order chi connectivity index (χ1) is 11.0. The van der Waals surface area contributed by atoms with Crippen molar-refractivity contribution in [3.8, 4) is 0 Å². The number of rotatable bonds is 10. The Morgan fingerprint density at radius 2 is 2.04 bits per heavy atom. The predicted octanol–water partition coefficient (Wildman–Crippen LogP) is 0.447. The van der Waals surface area contributed by atoms with Gasteiger partial charge < -0.3 is 26.4 Å². The number of nitrogens with one attached hydrogen (secondary N) is 3. The van der Waals surface area contributed by atoms with E-state index in [1.165, 1.54) is 0 Å². The molecule has 0 bridgehead atoms. The smallest absolute Gasteiger partial charge is 0.312 e. The second-order valence-corrected chi connectivity index (χ2v) is 5.27. The summed E-state index contributed by atoms with van der Waals surface area (Å²) in [5, 5.41) is 8.57. The summed E-state index contributed by atoms with van der Waals surface area (Å²) < 4.78 is 4.92. The van der Waals surface area contributed by atoms with Crippen LogP contribution in [0.4, 0.5) is 4.79 Å². The van der Waals surface area contributed by atoms with Crippen LogP contribution in [0.5, 0.6) is 0 Å². The predicted molar refractivity (Wildman–Crippen MR) is 89.0 cm³/mol. The molecule has 0 fully saturated rings. The lowest BCUT2D eigenvalue weighted by atomic mass is 10.0. The van der Waals surface area contributed by atoms with E-state index in [4.69, 9.17) is 10.5 Å². The standard InChI is InChI=1S/C16H26N4O3/c1-12-4-3-5-13(10-12)14(20-16(17)22)11-15(21)19-7-6-18-8-9-23-2/h3-5,10,14,18H,6-9,11H2,1-2H3,(H,19,21)(H3,17,20,22). The van der Waals surface area contributed by atoms with Crippen molar-refractivity contribution in [2.45, 2.75) is 19.4 Å². The van der Waals surface area contributed by atoms with Crippen molar-refractivity contribution in [1.29, 1.82) is 0 Å². The maximum absolute atomic E-state index is 12.0. The summed E-state index contributed by atoms with van der Waals surface area (Å²) in [7, 11) is 1.64. The van der Waals surface area contributed by atoms with Crippen molar-refractivity contribution >= 4 is 11.9 Å². The highest BCUT2D eigenvalue weighted by Crippen LogP contribution is 2.17. The molecule has 3 amide bonds. The van der Waals surface area contributed by atoms with E-state index in [1.54, 1.807) is 7.11 Å². The molecule has 23 heavy (non-hydrogen) atoms. The molecule has 1 rings (SSSR count). The maximum atomic E-state index is 12.0. The molecule has 7 nitrogen and oxygen atoms in total. The molecule has 128 valence electrons. The number of urea groups is 1. The van der Waals surface area contributed by atoms with Gasteiger partial charge in [0.1, 0.15) is 0 Å². The molecule has 0 aliphatic heterocycles. The van der Waals surface area contributed by atoms with Gasteiger partial charge in [-0.2, -0.15) is 0 Å². The molecule has 0 aliphatic rings. The van der Waals surface area contributed by atoms with Gasteiger partial charge in [0.15, 0.2) is 0 Å². The summed E-state index contributed by atoms with van der Waals surface area (Å²) in [6.07, 6.45) is 0.143. The third-order valence-corrected chi connectivity index (χ3v) is 3.26. The number of amides is 3. The summed E-state index contributed by atoms with van der Waals surface area (Å²) in [6.45, 7) is 4.50. The largest absolute Gasteiger partial charge is 0.383 e. The lowest BCUT2D eigenvalue weighted by molar-refractivity contribution is -0.121. The van der Waals surface area contributed by atoms with Gasteiger partial charge in [0, 0.05) is 26.7 Å². The lowest BCUT2D eigenvalue weighted by Gasteiger charge is -2.18. The van der Waals surface area contributed by atoms with Crippen molar-refractivity contribution in [3.05, 3.63) is 35.4 Å². The second-order valence-electron chi connectivity index (χ2n) is 5.27. The number of aryl methyl sites for hydroxylation is 1. The van der Waals surface area contributed by atoms with Gasteiger partial charge in [0.05, 0.1) is 19.1 Å². The second kappa shape index (κ2) is 10.6. The summed E-state index contributed by atoms with van der Waals surface area (Å²) >= 11 is 0. The summed E-state index contributed by atoms with van der Waals surface area (Å²) in [4.78, 5) is 23.2. The van der Waals surface area contributed by atoms with Crippen molar-refractivity contribution in [3.63, 3.8) is 0 Å². The molecular formula is C16H26N4O3. The van der Waals surface area contributed by atoms with Gasteiger partial charge in [0.25, 0.3) is 0 Å². The molecular weight excluding hydrogens is 296 g/mol. The molecule has 0 aromatic heterocycles. The molecule has 0 saturated heterocycles. The topological polar surface area (TPSA) is 105 Å². The zero-order valence-electron chi connectivity index (χ0n) is 13.7. The molecule has 0 spiro atoms. The molecule has 0 aliphatic carbocycles. The number of hydrogen-bond donors (Lipinski definition) is 4. The van der Waals surface area contributed by atoms with Crippen molar-refractivity contribution in [2.75, 3.05) is 33.4 Å². The van der Waals surface area contributed by atoms with Gasteiger partial charge in [-0.15, -0.1) is 0 Å². The number of nitrogens with two attached hydrogens (primary N) is 1. The molecule has 0 saturated carbocycles. The van der Waals surface area contributed by atoms with Gasteiger partial charge in [-0.1, -0.05) is 29.8 Å². The van der Waals surface area contributed by atoms with Crippen LogP contribution < -0.4 is 21.7 Å². The molecule has 1 unspecified atom stereocenters. The summed E-state index contributed by atoms with van der Waals surface area (Å²) in [5.74, 6) is -0.140. The Morgan fingerprint density at radius 3 is 2.70 bits per heavy atom. The third-order valence-electron chi connectivity index (χ3n) is 3.26. The van der Waals surface area contributed by atoms with Crippen LogP contribution in [0.15, 0.2) is 24.3 Å². The number of hydrogen-bond acceptors (Lipinski definition) is 4. The summed E-state index contributed by atoms with van der Waals surface area (Å²) in [5.41, 5.74) is 7.12. The number of methoxy groups -OCH3 is 1. The van der Waals surface area contributed by atoms with Crippen LogP contribution in [0.25, 0.3) is 0 Å². The molecule has 1 atom stereocenters. The molecule has 1 aromatic carbocycles. The third kappa shape index (κ3) is 8.18. The minimum absolute atomic E-state index is 0.140. The van der Waals surface area contributed by atoms with Crippen LogP contribution in [-0.4, -0.2) is 45.3 Å². The monoisotopic (exact) mass is 322 g/mol. The molecule has 0 radical (unpaired) electrons. The zero-order valence-corrected chi connectivity index (χ0v) is 13.7. The average Bonchev–Trinajstić information content (AvgIpc) is 2.49. The fourth-order valence-electron chi connectivity index (χ4n) is 2.16. The van der Waals surface area contributed by atoms with Gasteiger partial charge in [-0.25, -0.2) is 4.79 Å². The molecule has 7 heteroatoms. The normalized spacial score (nSPS) is 11.7. The highest BCUT2D eigenvalue weighted by atomic mass is 16.5. The lowest BCUT2D eigenvalue weighted by Crippen LogP contribution is -2.38. The zero-order chi connectivity index (χ0) is 17.1. The van der Waals surface area contributed by atoms with E-state index in [-0.39, 0.29) is 12.3 Å². The Hall–Kier alpha value is -2.12. The fraction of sp³-hybridized carbons (Fsp3) is 0.500. The average molecular weight is 322 g/mol. The van der Waals surface area contributed by atoms with Crippen LogP contribution in [0.2, 0.25) is 0 Å². The van der Waals surface area contributed by atoms with Crippen LogP contribution >= 0.6 is 0 Å². The van der Waals surface area contributed by atoms with Crippen molar-refractivity contribution in [1.82, 2.24) is 16.0 Å². The number of primary amides is 1. The number of benzene rings is 1. The van der Waals surface area contributed by atoms with Gasteiger partial charge in [-0.3, -0.25) is 4.79 Å². The fourth-order valence-corrected chi connectivity index (χ4v) is 2.16. The first kappa shape index (κ1) is 18.9. The van der Waals surface area contributed by atoms with Crippen molar-refractivity contribution < 1.29 is 14.3 Å². The molecule has 1 aromatic rings. The van der Waals surface area contributed by atoms with E-state index in [1.807, 2.05) is 31.2 Å². The Morgan fingerprint density at radius 1 is 1.26 bits per heavy atom. The number of ether oxygens (including phenoxy) is 1. The maximum Gasteiger partial charge on any atom is 0.312 e. The Labute approximate surface area is 137 Å². The van der Waals surface area contributed by atoms with E-state index >= 15 is 0 Å². The Balaban J connectivity index is 2.47. The van der Waals surface area contributed by atoms with E-state index in [9.17, 15) is 9.59 Å². The van der Waals surface area contributed by atoms with E-state index < -0.39 is 12.1 Å². The summed E-state index contributed by atoms with van der Waals surface area (Å²) in [6, 6.07) is 6.56. The SMILES string of the molecule is COCCNCCNC(=O)CC(NC(N)=O)c1cccc(C)c1. The first-order valence-corrected chi connectivity index (χ1v) is 7.62. The van der Waals surface area contributed by atoms with E-state index in [2.05, 4.69) is 16.0 Å². The Bertz CT molecular complexity index is 508. The number of carbonyl (C=O) groups is 2. The van der Waals surface area contributed by atoms with Gasteiger partial charge in [0.2, 0.25) is 5.91 Å². The minimum atomic E-state index is -0.648. The minimum Gasteiger partial charge on any atom is -0.383 e. The van der Waals surface area contributed by atoms with Crippen LogP contribution in [0.1, 0.15) is 23.6 Å². The van der Waals surface area contributed by atoms with Crippen molar-refractivity contribution in [2.24, 2.45) is 5.73 Å². The quantitative estimate of drug-likeness (QED) is 0.469. The highest BCUT2D eigenvalue weighted by Gasteiger charge is 2.17. The van der Waals surface area contributed by atoms with Crippen LogP contribution in [0, 0.1) is 6.92 Å². The van der Waals surface area contributed by atoms with E-state index in [0.29, 0.717) is 19.7 Å².